The normalized spacial score (nSPS) is 15.0. The monoisotopic (exact) mass is 461 g/mol. The molecule has 1 unspecified atom stereocenters. The summed E-state index contributed by atoms with van der Waals surface area (Å²) in [6.07, 6.45) is 9.35. The molecule has 1 atom stereocenters. The van der Waals surface area contributed by atoms with Gasteiger partial charge in [-0.25, -0.2) is 4.79 Å². The van der Waals surface area contributed by atoms with Crippen LogP contribution in [0.5, 0.6) is 0 Å². The smallest absolute Gasteiger partial charge is 0.407 e. The fraction of sp³-hybridized carbons (Fsp3) is 0.250. The van der Waals surface area contributed by atoms with Crippen molar-refractivity contribution in [2.24, 2.45) is 7.05 Å². The molecule has 168 valence electrons. The van der Waals surface area contributed by atoms with Crippen LogP contribution in [-0.4, -0.2) is 27.7 Å². The average molecular weight is 462 g/mol. The van der Waals surface area contributed by atoms with Crippen molar-refractivity contribution in [2.75, 3.05) is 5.32 Å². The van der Waals surface area contributed by atoms with Crippen LogP contribution in [0.4, 0.5) is 9.80 Å². The lowest BCUT2D eigenvalue weighted by atomic mass is 9.94. The molecule has 0 fully saturated rings. The number of carbonyl (C=O) groups is 2. The molecule has 0 aliphatic heterocycles. The van der Waals surface area contributed by atoms with Crippen LogP contribution >= 0.6 is 11.3 Å². The van der Waals surface area contributed by atoms with Crippen molar-refractivity contribution in [3.8, 4) is 6.07 Å². The highest BCUT2D eigenvalue weighted by atomic mass is 32.1. The minimum Gasteiger partial charge on any atom is -0.446 e. The van der Waals surface area contributed by atoms with Gasteiger partial charge in [0.2, 0.25) is 5.91 Å². The first-order valence-corrected chi connectivity index (χ1v) is 11.3. The predicted octanol–water partition coefficient (Wildman–Crippen LogP) is 3.79. The third-order valence-corrected chi connectivity index (χ3v) is 6.59. The zero-order valence-electron chi connectivity index (χ0n) is 18.1. The van der Waals surface area contributed by atoms with E-state index in [4.69, 9.17) is 4.74 Å². The number of hydrogen-bond acceptors (Lipinski definition) is 6. The molecule has 3 heterocycles. The van der Waals surface area contributed by atoms with Crippen molar-refractivity contribution in [2.45, 2.75) is 31.9 Å². The summed E-state index contributed by atoms with van der Waals surface area (Å²) in [5.41, 5.74) is 3.21. The maximum absolute atomic E-state index is 12.4. The van der Waals surface area contributed by atoms with Gasteiger partial charge in [0.15, 0.2) is 0 Å². The van der Waals surface area contributed by atoms with Gasteiger partial charge in [-0.3, -0.25) is 9.78 Å². The number of alkyl carbamates (subject to hydrolysis) is 1. The van der Waals surface area contributed by atoms with E-state index in [2.05, 4.69) is 21.7 Å². The Morgan fingerprint density at radius 1 is 1.39 bits per heavy atom. The van der Waals surface area contributed by atoms with Gasteiger partial charge in [0.1, 0.15) is 17.2 Å². The minimum atomic E-state index is -0.462. The summed E-state index contributed by atoms with van der Waals surface area (Å²) >= 11 is 1.36. The van der Waals surface area contributed by atoms with Gasteiger partial charge < -0.3 is 19.9 Å². The molecule has 0 saturated heterocycles. The molecule has 0 radical (unpaired) electrons. The van der Waals surface area contributed by atoms with E-state index in [1.54, 1.807) is 24.5 Å². The number of ether oxygens (including phenoxy) is 1. The van der Waals surface area contributed by atoms with Gasteiger partial charge in [0.05, 0.1) is 12.1 Å². The number of thiophene rings is 1. The molecule has 3 aromatic rings. The largest absolute Gasteiger partial charge is 0.446 e. The molecule has 2 N–H and O–H groups in total. The lowest BCUT2D eigenvalue weighted by molar-refractivity contribution is -0.111. The summed E-state index contributed by atoms with van der Waals surface area (Å²) in [6, 6.07) is 9.71. The van der Waals surface area contributed by atoms with E-state index >= 15 is 0 Å². The van der Waals surface area contributed by atoms with Crippen molar-refractivity contribution in [3.63, 3.8) is 0 Å². The number of anilines is 1. The topological polar surface area (TPSA) is 109 Å². The van der Waals surface area contributed by atoms with Crippen LogP contribution in [0.25, 0.3) is 6.08 Å². The highest BCUT2D eigenvalue weighted by Crippen LogP contribution is 2.38. The summed E-state index contributed by atoms with van der Waals surface area (Å²) in [6.45, 7) is 0.390. The first kappa shape index (κ1) is 22.3. The van der Waals surface area contributed by atoms with Crippen LogP contribution in [-0.2, 0) is 36.0 Å². The van der Waals surface area contributed by atoms with E-state index in [-0.39, 0.29) is 12.0 Å². The molecule has 2 amide bonds. The molecule has 3 aromatic heterocycles. The van der Waals surface area contributed by atoms with Gasteiger partial charge in [-0.1, -0.05) is 6.07 Å². The minimum absolute atomic E-state index is 0.273. The van der Waals surface area contributed by atoms with Crippen molar-refractivity contribution in [1.29, 1.82) is 5.26 Å². The summed E-state index contributed by atoms with van der Waals surface area (Å²) in [4.78, 5) is 29.6. The van der Waals surface area contributed by atoms with Crippen molar-refractivity contribution >= 4 is 34.4 Å². The summed E-state index contributed by atoms with van der Waals surface area (Å²) < 4.78 is 7.53. The number of rotatable bonds is 6. The lowest BCUT2D eigenvalue weighted by Crippen LogP contribution is -2.32. The van der Waals surface area contributed by atoms with Crippen molar-refractivity contribution in [3.05, 3.63) is 76.2 Å². The maximum Gasteiger partial charge on any atom is 0.407 e. The number of nitrogens with one attached hydrogen (secondary N) is 2. The van der Waals surface area contributed by atoms with E-state index in [0.717, 1.165) is 21.7 Å². The Balaban J connectivity index is 1.36. The molecular weight excluding hydrogens is 438 g/mol. The highest BCUT2D eigenvalue weighted by molar-refractivity contribution is 7.16. The summed E-state index contributed by atoms with van der Waals surface area (Å²) in [5.74, 6) is -0.318. The van der Waals surface area contributed by atoms with Crippen molar-refractivity contribution < 1.29 is 14.3 Å². The Labute approximate surface area is 195 Å². The Kier molecular flexibility index (Phi) is 6.86. The number of carbonyl (C=O) groups excluding carboxylic acids is 2. The predicted molar refractivity (Wildman–Crippen MR) is 125 cm³/mol. The number of nitrogens with zero attached hydrogens (tertiary/aromatic N) is 3. The second-order valence-electron chi connectivity index (χ2n) is 7.66. The molecular formula is C24H23N5O3S. The van der Waals surface area contributed by atoms with Crippen LogP contribution in [0.1, 0.15) is 33.7 Å². The third kappa shape index (κ3) is 5.48. The fourth-order valence-corrected chi connectivity index (χ4v) is 4.96. The zero-order chi connectivity index (χ0) is 23.2. The number of aryl methyl sites for hydroxylation is 1. The van der Waals surface area contributed by atoms with Gasteiger partial charge in [-0.2, -0.15) is 5.26 Å². The Morgan fingerprint density at radius 3 is 3.00 bits per heavy atom. The van der Waals surface area contributed by atoms with Gasteiger partial charge in [-0.15, -0.1) is 11.3 Å². The van der Waals surface area contributed by atoms with E-state index in [9.17, 15) is 14.9 Å². The van der Waals surface area contributed by atoms with Crippen LogP contribution in [0.15, 0.2) is 48.9 Å². The first-order chi connectivity index (χ1) is 16.0. The fourth-order valence-electron chi connectivity index (χ4n) is 3.70. The second-order valence-corrected chi connectivity index (χ2v) is 8.77. The number of aromatic nitrogens is 2. The van der Waals surface area contributed by atoms with Gasteiger partial charge in [0.25, 0.3) is 0 Å². The highest BCUT2D eigenvalue weighted by Gasteiger charge is 2.28. The molecule has 0 saturated carbocycles. The van der Waals surface area contributed by atoms with Gasteiger partial charge >= 0.3 is 6.09 Å². The first-order valence-electron chi connectivity index (χ1n) is 10.5. The van der Waals surface area contributed by atoms with Crippen LogP contribution in [0.2, 0.25) is 0 Å². The summed E-state index contributed by atoms with van der Waals surface area (Å²) in [7, 11) is 1.92. The lowest BCUT2D eigenvalue weighted by Gasteiger charge is -2.22. The molecule has 33 heavy (non-hydrogen) atoms. The Hall–Kier alpha value is -3.90. The Morgan fingerprint density at radius 2 is 2.27 bits per heavy atom. The molecule has 1 aliphatic rings. The van der Waals surface area contributed by atoms with E-state index in [1.807, 2.05) is 36.0 Å². The van der Waals surface area contributed by atoms with Crippen LogP contribution in [0, 0.1) is 11.3 Å². The van der Waals surface area contributed by atoms with Gasteiger partial charge in [0, 0.05) is 48.7 Å². The standard InChI is InChI=1S/C24H23N5O3S/c1-29-11-3-5-17(29)15-27-24(31)32-18-7-8-19-20(13-25)23(33-21(19)12-18)28-22(30)9-6-16-4-2-10-26-14-16/h2-6,9-11,14,18H,7-8,12,15H2,1H3,(H,27,31)(H,28,30)/b9-6+. The van der Waals surface area contributed by atoms with E-state index < -0.39 is 6.09 Å². The number of nitriles is 1. The quantitative estimate of drug-likeness (QED) is 0.543. The number of amides is 2. The zero-order valence-corrected chi connectivity index (χ0v) is 18.9. The molecule has 0 bridgehead atoms. The molecule has 4 rings (SSSR count). The van der Waals surface area contributed by atoms with Gasteiger partial charge in [-0.05, 0) is 48.2 Å². The summed E-state index contributed by atoms with van der Waals surface area (Å²) in [5, 5.41) is 15.8. The SMILES string of the molecule is Cn1cccc1CNC(=O)OC1CCc2c(sc(NC(=O)/C=C/c3cccnc3)c2C#N)C1. The molecule has 0 spiro atoms. The van der Waals surface area contributed by atoms with E-state index in [0.29, 0.717) is 36.4 Å². The van der Waals surface area contributed by atoms with Crippen LogP contribution in [0.3, 0.4) is 0 Å². The molecule has 0 aromatic carbocycles. The van der Waals surface area contributed by atoms with Crippen LogP contribution < -0.4 is 10.6 Å². The molecule has 8 nitrogen and oxygen atoms in total. The maximum atomic E-state index is 12.4. The number of pyridine rings is 1. The number of fused-ring (bicyclic) bond motifs is 1. The van der Waals surface area contributed by atoms with E-state index in [1.165, 1.54) is 17.4 Å². The Bertz CT molecular complexity index is 1220. The third-order valence-electron chi connectivity index (χ3n) is 5.42. The number of hydrogen-bond donors (Lipinski definition) is 2. The average Bonchev–Trinajstić information content (AvgIpc) is 3.38. The molecule has 9 heteroatoms. The molecule has 1 aliphatic carbocycles. The van der Waals surface area contributed by atoms with Crippen molar-refractivity contribution in [1.82, 2.24) is 14.9 Å². The second kappa shape index (κ2) is 10.1.